The lowest BCUT2D eigenvalue weighted by Gasteiger charge is -1.98. The molecule has 6 nitrogen and oxygen atoms in total. The van der Waals surface area contributed by atoms with Crippen molar-refractivity contribution < 1.29 is 0 Å². The molecule has 13 heavy (non-hydrogen) atoms. The van der Waals surface area contributed by atoms with Gasteiger partial charge >= 0.3 is 0 Å². The largest absolute Gasteiger partial charge is 0.226 e. The normalized spacial score (nSPS) is 10.3. The van der Waals surface area contributed by atoms with E-state index >= 15 is 0 Å². The van der Waals surface area contributed by atoms with Gasteiger partial charge in [-0.15, -0.1) is 5.10 Å². The molecule has 0 atom stereocenters. The van der Waals surface area contributed by atoms with Crippen molar-refractivity contribution in [3.8, 4) is 5.82 Å². The highest BCUT2D eigenvalue weighted by molar-refractivity contribution is 6.28. The van der Waals surface area contributed by atoms with E-state index < -0.39 is 0 Å². The number of aryl methyl sites for hydroxylation is 1. The van der Waals surface area contributed by atoms with E-state index in [9.17, 15) is 0 Å². The van der Waals surface area contributed by atoms with Crippen molar-refractivity contribution in [2.24, 2.45) is 0 Å². The fourth-order valence-electron chi connectivity index (χ4n) is 0.887. The van der Waals surface area contributed by atoms with Crippen molar-refractivity contribution in [2.75, 3.05) is 0 Å². The molecule has 0 radical (unpaired) electrons. The van der Waals surface area contributed by atoms with Crippen molar-refractivity contribution >= 4 is 11.6 Å². The molecule has 0 aliphatic carbocycles. The molecule has 66 valence electrons. The van der Waals surface area contributed by atoms with Gasteiger partial charge in [-0.1, -0.05) is 0 Å². The van der Waals surface area contributed by atoms with Gasteiger partial charge in [0.05, 0.1) is 0 Å². The lowest BCUT2D eigenvalue weighted by atomic mass is 10.5. The third-order valence-corrected chi connectivity index (χ3v) is 1.64. The van der Waals surface area contributed by atoms with Crippen LogP contribution in [0.4, 0.5) is 0 Å². The Kier molecular flexibility index (Phi) is 1.90. The summed E-state index contributed by atoms with van der Waals surface area (Å²) in [6.07, 6.45) is 1.55. The Bertz CT molecular complexity index is 425. The summed E-state index contributed by atoms with van der Waals surface area (Å²) in [7, 11) is 0. The number of tetrazole rings is 1. The Hall–Kier alpha value is -1.56. The Morgan fingerprint density at radius 1 is 1.46 bits per heavy atom. The zero-order chi connectivity index (χ0) is 9.26. The SMILES string of the molecule is Cc1nnnn1-c1ccnc(Cl)n1. The van der Waals surface area contributed by atoms with E-state index in [4.69, 9.17) is 11.6 Å². The van der Waals surface area contributed by atoms with Crippen molar-refractivity contribution in [1.29, 1.82) is 0 Å². The second-order valence-electron chi connectivity index (χ2n) is 2.32. The smallest absolute Gasteiger partial charge is 0.224 e. The average Bonchev–Trinajstić information content (AvgIpc) is 2.51. The molecule has 2 heterocycles. The quantitative estimate of drug-likeness (QED) is 0.618. The number of hydrogen-bond acceptors (Lipinski definition) is 5. The number of halogens is 1. The van der Waals surface area contributed by atoms with E-state index in [2.05, 4.69) is 25.5 Å². The van der Waals surface area contributed by atoms with Gasteiger partial charge in [0.15, 0.2) is 11.6 Å². The molecule has 0 aromatic carbocycles. The monoisotopic (exact) mass is 196 g/mol. The summed E-state index contributed by atoms with van der Waals surface area (Å²) in [5, 5.41) is 11.1. The zero-order valence-electron chi connectivity index (χ0n) is 6.72. The van der Waals surface area contributed by atoms with Crippen LogP contribution in [0, 0.1) is 6.92 Å². The van der Waals surface area contributed by atoms with Crippen LogP contribution >= 0.6 is 11.6 Å². The molecule has 0 N–H and O–H groups in total. The summed E-state index contributed by atoms with van der Waals surface area (Å²) in [5.74, 6) is 1.21. The second-order valence-corrected chi connectivity index (χ2v) is 2.66. The van der Waals surface area contributed by atoms with Crippen molar-refractivity contribution in [3.05, 3.63) is 23.4 Å². The number of aromatic nitrogens is 6. The van der Waals surface area contributed by atoms with E-state index in [1.807, 2.05) is 0 Å². The summed E-state index contributed by atoms with van der Waals surface area (Å²) in [5.41, 5.74) is 0. The van der Waals surface area contributed by atoms with Gasteiger partial charge in [-0.05, 0) is 29.0 Å². The third kappa shape index (κ3) is 1.48. The van der Waals surface area contributed by atoms with E-state index in [0.717, 1.165) is 0 Å². The zero-order valence-corrected chi connectivity index (χ0v) is 7.47. The van der Waals surface area contributed by atoms with Crippen molar-refractivity contribution in [2.45, 2.75) is 6.92 Å². The van der Waals surface area contributed by atoms with Crippen LogP contribution in [0.2, 0.25) is 5.28 Å². The number of nitrogens with zero attached hydrogens (tertiary/aromatic N) is 6. The molecule has 0 fully saturated rings. The molecule has 2 aromatic rings. The highest BCUT2D eigenvalue weighted by atomic mass is 35.5. The molecule has 0 aliphatic heterocycles. The molecule has 0 bridgehead atoms. The molecule has 0 unspecified atom stereocenters. The van der Waals surface area contributed by atoms with Gasteiger partial charge < -0.3 is 0 Å². The van der Waals surface area contributed by atoms with Crippen LogP contribution in [0.1, 0.15) is 5.82 Å². The topological polar surface area (TPSA) is 69.4 Å². The first-order chi connectivity index (χ1) is 6.27. The molecule has 0 saturated heterocycles. The minimum Gasteiger partial charge on any atom is -0.226 e. The maximum atomic E-state index is 5.61. The molecular weight excluding hydrogens is 192 g/mol. The summed E-state index contributed by atoms with van der Waals surface area (Å²) in [6, 6.07) is 1.68. The van der Waals surface area contributed by atoms with Crippen LogP contribution in [0.15, 0.2) is 12.3 Å². The van der Waals surface area contributed by atoms with E-state index in [1.165, 1.54) is 4.68 Å². The van der Waals surface area contributed by atoms with Gasteiger partial charge in [0.2, 0.25) is 5.28 Å². The van der Waals surface area contributed by atoms with Crippen molar-refractivity contribution in [1.82, 2.24) is 30.2 Å². The molecule has 0 aliphatic rings. The van der Waals surface area contributed by atoms with Crippen LogP contribution < -0.4 is 0 Å². The lowest BCUT2D eigenvalue weighted by Crippen LogP contribution is -2.02. The van der Waals surface area contributed by atoms with E-state index in [1.54, 1.807) is 19.2 Å². The van der Waals surface area contributed by atoms with Crippen molar-refractivity contribution in [3.63, 3.8) is 0 Å². The van der Waals surface area contributed by atoms with Gasteiger partial charge in [-0.25, -0.2) is 4.98 Å². The molecule has 7 heteroatoms. The predicted octanol–water partition coefficient (Wildman–Crippen LogP) is 0.414. The van der Waals surface area contributed by atoms with Crippen LogP contribution in [-0.4, -0.2) is 30.2 Å². The maximum absolute atomic E-state index is 5.61. The first-order valence-corrected chi connectivity index (χ1v) is 3.89. The standard InChI is InChI=1S/C6H5ClN6/c1-4-10-11-12-13(4)5-2-3-8-6(7)9-5/h2-3H,1H3. The first-order valence-electron chi connectivity index (χ1n) is 3.51. The highest BCUT2D eigenvalue weighted by Gasteiger charge is 2.04. The Balaban J connectivity index is 2.53. The first kappa shape index (κ1) is 8.06. The molecule has 0 spiro atoms. The fourth-order valence-corrected chi connectivity index (χ4v) is 1.03. The summed E-state index contributed by atoms with van der Waals surface area (Å²) < 4.78 is 1.48. The second kappa shape index (κ2) is 3.06. The fraction of sp³-hybridized carbons (Fsp3) is 0.167. The summed E-state index contributed by atoms with van der Waals surface area (Å²) >= 11 is 5.61. The average molecular weight is 197 g/mol. The van der Waals surface area contributed by atoms with Crippen LogP contribution in [0.25, 0.3) is 5.82 Å². The minimum absolute atomic E-state index is 0.174. The van der Waals surface area contributed by atoms with Crippen LogP contribution in [-0.2, 0) is 0 Å². The van der Waals surface area contributed by atoms with Gasteiger partial charge in [-0.2, -0.15) is 9.67 Å². The Morgan fingerprint density at radius 3 is 2.92 bits per heavy atom. The van der Waals surface area contributed by atoms with E-state index in [-0.39, 0.29) is 5.28 Å². The van der Waals surface area contributed by atoms with Crippen LogP contribution in [0.5, 0.6) is 0 Å². The maximum Gasteiger partial charge on any atom is 0.224 e. The third-order valence-electron chi connectivity index (χ3n) is 1.45. The van der Waals surface area contributed by atoms with Gasteiger partial charge in [0.25, 0.3) is 0 Å². The number of rotatable bonds is 1. The number of hydrogen-bond donors (Lipinski definition) is 0. The molecule has 0 saturated carbocycles. The molecule has 2 aromatic heterocycles. The van der Waals surface area contributed by atoms with Gasteiger partial charge in [0.1, 0.15) is 0 Å². The predicted molar refractivity (Wildman–Crippen MR) is 44.5 cm³/mol. The summed E-state index contributed by atoms with van der Waals surface area (Å²) in [4.78, 5) is 7.70. The minimum atomic E-state index is 0.174. The van der Waals surface area contributed by atoms with Gasteiger partial charge in [0, 0.05) is 12.3 Å². The highest BCUT2D eigenvalue weighted by Crippen LogP contribution is 2.05. The summed E-state index contributed by atoms with van der Waals surface area (Å²) in [6.45, 7) is 1.77. The molecular formula is C6H5ClN6. The Labute approximate surface area is 78.6 Å². The Morgan fingerprint density at radius 2 is 2.31 bits per heavy atom. The molecule has 0 amide bonds. The van der Waals surface area contributed by atoms with Gasteiger partial charge in [-0.3, -0.25) is 0 Å². The molecule has 2 rings (SSSR count). The lowest BCUT2D eigenvalue weighted by molar-refractivity contribution is 0.757. The van der Waals surface area contributed by atoms with Crippen LogP contribution in [0.3, 0.4) is 0 Å². The van der Waals surface area contributed by atoms with E-state index in [0.29, 0.717) is 11.6 Å².